The molecule has 0 unspecified atom stereocenters. The lowest BCUT2D eigenvalue weighted by molar-refractivity contribution is 0.206. The van der Waals surface area contributed by atoms with E-state index < -0.39 is 0 Å². The van der Waals surface area contributed by atoms with E-state index in [1.807, 2.05) is 104 Å². The van der Waals surface area contributed by atoms with Gasteiger partial charge in [0.1, 0.15) is 11.5 Å². The van der Waals surface area contributed by atoms with Gasteiger partial charge in [-0.3, -0.25) is 0 Å². The van der Waals surface area contributed by atoms with Crippen LogP contribution in [0.25, 0.3) is 0 Å². The number of ether oxygens (including phenoxy) is 1. The molecule has 1 N–H and O–H groups in total. The molecule has 172 valence electrons. The van der Waals surface area contributed by atoms with Crippen molar-refractivity contribution in [3.63, 3.8) is 0 Å². The molecule has 0 aliphatic rings. The third-order valence-corrected chi connectivity index (χ3v) is 5.69. The Morgan fingerprint density at radius 1 is 0.706 bits per heavy atom. The lowest BCUT2D eigenvalue weighted by atomic mass is 10.1. The standard InChI is InChI=1S/C30H30N2O2/c1-22-18-23(2)29(24(3)19-22)31-30(33)32(20-25-10-6-4-7-11-25)21-26-14-16-28(17-15-26)34-27-12-8-5-9-13-27/h4-19H,20-21H2,1-3H3,(H,31,33). The van der Waals surface area contributed by atoms with Crippen molar-refractivity contribution in [3.8, 4) is 11.5 Å². The Kier molecular flexibility index (Phi) is 7.28. The Morgan fingerprint density at radius 2 is 1.21 bits per heavy atom. The van der Waals surface area contributed by atoms with Crippen LogP contribution in [-0.2, 0) is 13.1 Å². The highest BCUT2D eigenvalue weighted by Crippen LogP contribution is 2.24. The first-order chi connectivity index (χ1) is 16.5. The molecule has 0 aliphatic carbocycles. The van der Waals surface area contributed by atoms with Crippen LogP contribution in [0.2, 0.25) is 0 Å². The maximum absolute atomic E-state index is 13.4. The molecule has 4 nitrogen and oxygen atoms in total. The van der Waals surface area contributed by atoms with Crippen LogP contribution in [0.5, 0.6) is 11.5 Å². The number of carbonyl (C=O) groups is 1. The number of nitrogens with one attached hydrogen (secondary N) is 1. The fourth-order valence-corrected chi connectivity index (χ4v) is 4.07. The molecule has 0 radical (unpaired) electrons. The van der Waals surface area contributed by atoms with E-state index in [1.54, 1.807) is 0 Å². The van der Waals surface area contributed by atoms with Crippen molar-refractivity contribution in [1.29, 1.82) is 0 Å². The van der Waals surface area contributed by atoms with Gasteiger partial charge in [0, 0.05) is 18.8 Å². The molecule has 4 heteroatoms. The van der Waals surface area contributed by atoms with Crippen LogP contribution < -0.4 is 10.1 Å². The summed E-state index contributed by atoms with van der Waals surface area (Å²) in [6.45, 7) is 7.12. The molecule has 0 bridgehead atoms. The van der Waals surface area contributed by atoms with Crippen molar-refractivity contribution in [2.24, 2.45) is 0 Å². The summed E-state index contributed by atoms with van der Waals surface area (Å²) in [5, 5.41) is 3.15. The maximum atomic E-state index is 13.4. The van der Waals surface area contributed by atoms with Crippen LogP contribution in [0.15, 0.2) is 97.1 Å². The number of anilines is 1. The highest BCUT2D eigenvalue weighted by atomic mass is 16.5. The molecule has 4 aromatic carbocycles. The van der Waals surface area contributed by atoms with Gasteiger partial charge in [0.25, 0.3) is 0 Å². The molecule has 0 spiro atoms. The van der Waals surface area contributed by atoms with Gasteiger partial charge in [0.15, 0.2) is 0 Å². The van der Waals surface area contributed by atoms with Crippen LogP contribution in [-0.4, -0.2) is 10.9 Å². The summed E-state index contributed by atoms with van der Waals surface area (Å²) in [5.41, 5.74) is 6.30. The quantitative estimate of drug-likeness (QED) is 0.314. The number of hydrogen-bond acceptors (Lipinski definition) is 2. The molecular formula is C30H30N2O2. The molecule has 0 heterocycles. The predicted molar refractivity (Wildman–Crippen MR) is 138 cm³/mol. The van der Waals surface area contributed by atoms with Gasteiger partial charge in [-0.25, -0.2) is 4.79 Å². The van der Waals surface area contributed by atoms with E-state index in [0.717, 1.165) is 39.4 Å². The summed E-state index contributed by atoms with van der Waals surface area (Å²) in [6.07, 6.45) is 0. The molecule has 34 heavy (non-hydrogen) atoms. The largest absolute Gasteiger partial charge is 0.457 e. The van der Waals surface area contributed by atoms with Gasteiger partial charge >= 0.3 is 6.03 Å². The van der Waals surface area contributed by atoms with E-state index >= 15 is 0 Å². The van der Waals surface area contributed by atoms with Gasteiger partial charge in [0.2, 0.25) is 0 Å². The summed E-state index contributed by atoms with van der Waals surface area (Å²) in [6, 6.07) is 31.7. The number of urea groups is 1. The third-order valence-electron chi connectivity index (χ3n) is 5.69. The van der Waals surface area contributed by atoms with Gasteiger partial charge in [-0.15, -0.1) is 0 Å². The molecule has 4 rings (SSSR count). The van der Waals surface area contributed by atoms with E-state index in [1.165, 1.54) is 5.56 Å². The first-order valence-corrected chi connectivity index (χ1v) is 11.5. The summed E-state index contributed by atoms with van der Waals surface area (Å²) in [5.74, 6) is 1.56. The molecule has 0 atom stereocenters. The Morgan fingerprint density at radius 3 is 1.79 bits per heavy atom. The van der Waals surface area contributed by atoms with Crippen LogP contribution in [0, 0.1) is 20.8 Å². The number of amides is 2. The lowest BCUT2D eigenvalue weighted by Gasteiger charge is -2.25. The zero-order valence-corrected chi connectivity index (χ0v) is 19.9. The fraction of sp³-hybridized carbons (Fsp3) is 0.167. The van der Waals surface area contributed by atoms with E-state index in [0.29, 0.717) is 13.1 Å². The van der Waals surface area contributed by atoms with Crippen molar-refractivity contribution in [2.75, 3.05) is 5.32 Å². The number of rotatable bonds is 7. The highest BCUT2D eigenvalue weighted by molar-refractivity contribution is 5.91. The molecule has 0 saturated heterocycles. The summed E-state index contributed by atoms with van der Waals surface area (Å²) in [7, 11) is 0. The number of aryl methyl sites for hydroxylation is 3. The smallest absolute Gasteiger partial charge is 0.322 e. The van der Waals surface area contributed by atoms with Crippen molar-refractivity contribution >= 4 is 11.7 Å². The molecule has 2 amide bonds. The molecule has 0 fully saturated rings. The number of hydrogen-bond donors (Lipinski definition) is 1. The molecule has 0 aliphatic heterocycles. The second kappa shape index (κ2) is 10.7. The Bertz CT molecular complexity index is 1210. The Hall–Kier alpha value is -4.05. The Labute approximate surface area is 201 Å². The van der Waals surface area contributed by atoms with E-state index in [9.17, 15) is 4.79 Å². The minimum atomic E-state index is -0.122. The molecule has 0 aromatic heterocycles. The van der Waals surface area contributed by atoms with Gasteiger partial charge in [-0.05, 0) is 67.3 Å². The average molecular weight is 451 g/mol. The van der Waals surface area contributed by atoms with E-state index in [-0.39, 0.29) is 6.03 Å². The van der Waals surface area contributed by atoms with Gasteiger partial charge < -0.3 is 15.0 Å². The van der Waals surface area contributed by atoms with Gasteiger partial charge in [-0.2, -0.15) is 0 Å². The number of nitrogens with zero attached hydrogens (tertiary/aromatic N) is 1. The second-order valence-electron chi connectivity index (χ2n) is 8.60. The fourth-order valence-electron chi connectivity index (χ4n) is 4.07. The second-order valence-corrected chi connectivity index (χ2v) is 8.60. The third kappa shape index (κ3) is 6.04. The van der Waals surface area contributed by atoms with E-state index in [4.69, 9.17) is 4.74 Å². The van der Waals surface area contributed by atoms with Gasteiger partial charge in [0.05, 0.1) is 0 Å². The van der Waals surface area contributed by atoms with Crippen molar-refractivity contribution in [1.82, 2.24) is 4.90 Å². The predicted octanol–water partition coefficient (Wildman–Crippen LogP) is 7.64. The van der Waals surface area contributed by atoms with Crippen LogP contribution in [0.3, 0.4) is 0 Å². The summed E-state index contributed by atoms with van der Waals surface area (Å²) in [4.78, 5) is 15.2. The SMILES string of the molecule is Cc1cc(C)c(NC(=O)N(Cc2ccccc2)Cc2ccc(Oc3ccccc3)cc2)c(C)c1. The van der Waals surface area contributed by atoms with Crippen LogP contribution in [0.1, 0.15) is 27.8 Å². The number of carbonyl (C=O) groups excluding carboxylic acids is 1. The molecule has 0 saturated carbocycles. The highest BCUT2D eigenvalue weighted by Gasteiger charge is 2.17. The zero-order valence-electron chi connectivity index (χ0n) is 19.9. The number of benzene rings is 4. The zero-order chi connectivity index (χ0) is 23.9. The topological polar surface area (TPSA) is 41.6 Å². The van der Waals surface area contributed by atoms with Crippen molar-refractivity contribution in [2.45, 2.75) is 33.9 Å². The van der Waals surface area contributed by atoms with Crippen LogP contribution >= 0.6 is 0 Å². The lowest BCUT2D eigenvalue weighted by Crippen LogP contribution is -2.34. The summed E-state index contributed by atoms with van der Waals surface area (Å²) >= 11 is 0. The first kappa shape index (κ1) is 23.1. The molecular weight excluding hydrogens is 420 g/mol. The average Bonchev–Trinajstić information content (AvgIpc) is 2.83. The normalized spacial score (nSPS) is 10.6. The minimum Gasteiger partial charge on any atom is -0.457 e. The minimum absolute atomic E-state index is 0.122. The number of para-hydroxylation sites is 1. The van der Waals surface area contributed by atoms with Crippen LogP contribution in [0.4, 0.5) is 10.5 Å². The Balaban J connectivity index is 1.52. The first-order valence-electron chi connectivity index (χ1n) is 11.5. The van der Waals surface area contributed by atoms with Crippen molar-refractivity contribution < 1.29 is 9.53 Å². The molecule has 4 aromatic rings. The summed E-state index contributed by atoms with van der Waals surface area (Å²) < 4.78 is 5.90. The van der Waals surface area contributed by atoms with Gasteiger partial charge in [-0.1, -0.05) is 78.4 Å². The van der Waals surface area contributed by atoms with Crippen molar-refractivity contribution in [3.05, 3.63) is 125 Å². The monoisotopic (exact) mass is 450 g/mol. The maximum Gasteiger partial charge on any atom is 0.322 e. The van der Waals surface area contributed by atoms with E-state index in [2.05, 4.69) is 24.4 Å².